The van der Waals surface area contributed by atoms with Crippen LogP contribution in [0.5, 0.6) is 40.2 Å². The molecule has 47 heavy (non-hydrogen) atoms. The van der Waals surface area contributed by atoms with E-state index in [1.807, 2.05) is 30.3 Å². The molecule has 5 rings (SSSR count). The number of esters is 1. The second-order valence-electron chi connectivity index (χ2n) is 10.1. The molecule has 13 heteroatoms. The van der Waals surface area contributed by atoms with Gasteiger partial charge in [-0.25, -0.2) is 0 Å². The van der Waals surface area contributed by atoms with E-state index >= 15 is 0 Å². The molecule has 244 valence electrons. The van der Waals surface area contributed by atoms with Gasteiger partial charge in [0.25, 0.3) is 0 Å². The first-order chi connectivity index (χ1) is 22.5. The maximum absolute atomic E-state index is 14.2. The first kappa shape index (κ1) is 32.7. The van der Waals surface area contributed by atoms with E-state index < -0.39 is 44.2 Å². The predicted octanol–water partition coefficient (Wildman–Crippen LogP) is 5.77. The lowest BCUT2D eigenvalue weighted by Crippen LogP contribution is -2.17. The van der Waals surface area contributed by atoms with Crippen molar-refractivity contribution in [2.75, 3.05) is 21.3 Å². The summed E-state index contributed by atoms with van der Waals surface area (Å²) in [5.74, 6) is -3.32. The van der Waals surface area contributed by atoms with Crippen LogP contribution in [0.4, 0.5) is 0 Å². The van der Waals surface area contributed by atoms with Gasteiger partial charge in [-0.15, -0.1) is 0 Å². The highest BCUT2D eigenvalue weighted by Crippen LogP contribution is 2.51. The lowest BCUT2D eigenvalue weighted by molar-refractivity contribution is -0.132. The van der Waals surface area contributed by atoms with Crippen LogP contribution in [-0.4, -0.2) is 40.8 Å². The van der Waals surface area contributed by atoms with Crippen LogP contribution in [0.15, 0.2) is 86.9 Å². The van der Waals surface area contributed by atoms with Crippen molar-refractivity contribution >= 4 is 27.1 Å². The molecule has 0 saturated carbocycles. The van der Waals surface area contributed by atoms with Crippen molar-refractivity contribution in [3.8, 4) is 51.6 Å². The van der Waals surface area contributed by atoms with Crippen LogP contribution < -0.4 is 33.3 Å². The summed E-state index contributed by atoms with van der Waals surface area (Å²) in [7, 11) is -0.757. The van der Waals surface area contributed by atoms with Gasteiger partial charge in [0, 0.05) is 12.5 Å². The van der Waals surface area contributed by atoms with Gasteiger partial charge < -0.3 is 37.4 Å². The van der Waals surface area contributed by atoms with Gasteiger partial charge in [0.2, 0.25) is 28.4 Å². The topological polar surface area (TPSA) is 157 Å². The average molecular weight is 663 g/mol. The maximum atomic E-state index is 14.2. The number of benzene rings is 4. The number of hydrogen-bond donors (Lipinski definition) is 1. The number of aryl methyl sites for hydroxylation is 1. The number of hydrogen-bond acceptors (Lipinski definition) is 12. The highest BCUT2D eigenvalue weighted by atomic mass is 32.2. The first-order valence-corrected chi connectivity index (χ1v) is 15.4. The Kier molecular flexibility index (Phi) is 9.29. The van der Waals surface area contributed by atoms with Gasteiger partial charge in [0.15, 0.2) is 28.6 Å². The van der Waals surface area contributed by atoms with Crippen molar-refractivity contribution in [1.82, 2.24) is 0 Å². The Morgan fingerprint density at radius 3 is 2.13 bits per heavy atom. The Morgan fingerprint density at radius 2 is 1.51 bits per heavy atom. The second-order valence-corrected chi connectivity index (χ2v) is 11.7. The minimum Gasteiger partial charge on any atom is -0.504 e. The molecule has 0 saturated heterocycles. The smallest absolute Gasteiger partial charge is 0.339 e. The third kappa shape index (κ3) is 6.51. The minimum absolute atomic E-state index is 0.145. The van der Waals surface area contributed by atoms with Gasteiger partial charge in [-0.1, -0.05) is 48.0 Å². The van der Waals surface area contributed by atoms with Gasteiger partial charge in [-0.05, 0) is 42.8 Å². The fourth-order valence-electron chi connectivity index (χ4n) is 4.72. The Morgan fingerprint density at radius 1 is 0.830 bits per heavy atom. The quantitative estimate of drug-likeness (QED) is 0.104. The SMILES string of the molecule is COc1cc(-c2oc3c(OC)c(OC)c(OC(C)=O)c(O)c3c(=O)c2OS(=O)(=O)c2ccc(C)cc2)ccc1OCc1ccccc1. The Labute approximate surface area is 269 Å². The molecule has 0 fully saturated rings. The Bertz CT molecular complexity index is 2120. The Hall–Kier alpha value is -5.69. The van der Waals surface area contributed by atoms with Crippen molar-refractivity contribution in [2.24, 2.45) is 0 Å². The number of carbonyl (C=O) groups is 1. The van der Waals surface area contributed by atoms with Crippen molar-refractivity contribution in [1.29, 1.82) is 0 Å². The molecule has 12 nitrogen and oxygen atoms in total. The van der Waals surface area contributed by atoms with Gasteiger partial charge in [-0.2, -0.15) is 8.42 Å². The van der Waals surface area contributed by atoms with E-state index in [9.17, 15) is 23.1 Å². The second kappa shape index (κ2) is 13.3. The molecule has 4 aromatic carbocycles. The van der Waals surface area contributed by atoms with Crippen LogP contribution in [-0.2, 0) is 21.5 Å². The lowest BCUT2D eigenvalue weighted by Gasteiger charge is -2.18. The number of aromatic hydroxyl groups is 1. The van der Waals surface area contributed by atoms with Crippen molar-refractivity contribution in [2.45, 2.75) is 25.3 Å². The predicted molar refractivity (Wildman–Crippen MR) is 170 cm³/mol. The Balaban J connectivity index is 1.76. The zero-order valence-corrected chi connectivity index (χ0v) is 26.8. The number of rotatable bonds is 11. The molecule has 0 bridgehead atoms. The number of methoxy groups -OCH3 is 3. The van der Waals surface area contributed by atoms with E-state index in [1.54, 1.807) is 25.1 Å². The van der Waals surface area contributed by atoms with E-state index in [1.165, 1.54) is 45.6 Å². The van der Waals surface area contributed by atoms with Crippen molar-refractivity contribution < 1.29 is 50.6 Å². The van der Waals surface area contributed by atoms with E-state index in [4.69, 9.17) is 32.3 Å². The minimum atomic E-state index is -4.62. The molecular weight excluding hydrogens is 632 g/mol. The number of carbonyl (C=O) groups excluding carboxylic acids is 1. The third-order valence-corrected chi connectivity index (χ3v) is 8.20. The molecule has 1 aromatic heterocycles. The highest BCUT2D eigenvalue weighted by Gasteiger charge is 2.33. The van der Waals surface area contributed by atoms with Crippen molar-refractivity contribution in [3.05, 3.63) is 94.1 Å². The number of fused-ring (bicyclic) bond motifs is 1. The molecule has 0 radical (unpaired) electrons. The van der Waals surface area contributed by atoms with E-state index in [2.05, 4.69) is 0 Å². The molecule has 0 aliphatic rings. The van der Waals surface area contributed by atoms with Crippen LogP contribution in [0.2, 0.25) is 0 Å². The summed E-state index contributed by atoms with van der Waals surface area (Å²) in [6.45, 7) is 3.08. The van der Waals surface area contributed by atoms with Crippen molar-refractivity contribution in [3.63, 3.8) is 0 Å². The molecule has 0 atom stereocenters. The standard InChI is InChI=1S/C34H30O12S/c1-19-11-14-23(15-12-19)47(38,39)46-32-28(37)26-27(36)31(44-20(2)35)34(42-5)33(41-4)30(26)45-29(32)22-13-16-24(25(17-22)40-3)43-18-21-9-7-6-8-10-21/h6-17,36H,18H2,1-5H3. The largest absolute Gasteiger partial charge is 0.504 e. The molecular formula is C34H30O12S. The zero-order valence-electron chi connectivity index (χ0n) is 26.0. The van der Waals surface area contributed by atoms with E-state index in [0.29, 0.717) is 5.75 Å². The number of phenols is 1. The lowest BCUT2D eigenvalue weighted by atomic mass is 10.1. The fraction of sp³-hybridized carbons (Fsp3) is 0.176. The molecule has 5 aromatic rings. The van der Waals surface area contributed by atoms with Crippen LogP contribution in [0.25, 0.3) is 22.3 Å². The van der Waals surface area contributed by atoms with Crippen LogP contribution in [0, 0.1) is 6.92 Å². The molecule has 1 heterocycles. The summed E-state index contributed by atoms with van der Waals surface area (Å²) >= 11 is 0. The summed E-state index contributed by atoms with van der Waals surface area (Å²) in [6, 6.07) is 19.7. The normalized spacial score (nSPS) is 11.2. The molecule has 1 N–H and O–H groups in total. The number of ether oxygens (including phenoxy) is 5. The third-order valence-electron chi connectivity index (χ3n) is 6.96. The molecule has 0 aliphatic carbocycles. The molecule has 0 spiro atoms. The van der Waals surface area contributed by atoms with Crippen LogP contribution >= 0.6 is 0 Å². The average Bonchev–Trinajstić information content (AvgIpc) is 3.06. The summed E-state index contributed by atoms with van der Waals surface area (Å²) in [6.07, 6.45) is 0. The monoisotopic (exact) mass is 662 g/mol. The van der Waals surface area contributed by atoms with Gasteiger partial charge in [0.05, 0.1) is 21.3 Å². The fourth-order valence-corrected chi connectivity index (χ4v) is 5.66. The summed E-state index contributed by atoms with van der Waals surface area (Å²) in [4.78, 5) is 25.8. The van der Waals surface area contributed by atoms with Crippen LogP contribution in [0.1, 0.15) is 18.1 Å². The molecule has 0 aliphatic heterocycles. The van der Waals surface area contributed by atoms with E-state index in [-0.39, 0.29) is 45.7 Å². The molecule has 0 unspecified atom stereocenters. The van der Waals surface area contributed by atoms with Gasteiger partial charge >= 0.3 is 16.1 Å². The van der Waals surface area contributed by atoms with Crippen LogP contribution in [0.3, 0.4) is 0 Å². The first-order valence-electron chi connectivity index (χ1n) is 14.0. The summed E-state index contributed by atoms with van der Waals surface area (Å²) in [5, 5.41) is 10.6. The van der Waals surface area contributed by atoms with Gasteiger partial charge in [0.1, 0.15) is 16.9 Å². The highest BCUT2D eigenvalue weighted by molar-refractivity contribution is 7.87. The summed E-state index contributed by atoms with van der Waals surface area (Å²) < 4.78 is 66.0. The maximum Gasteiger partial charge on any atom is 0.339 e. The zero-order chi connectivity index (χ0) is 33.9. The van der Waals surface area contributed by atoms with Gasteiger partial charge in [-0.3, -0.25) is 9.59 Å². The molecule has 0 amide bonds. The van der Waals surface area contributed by atoms with E-state index in [0.717, 1.165) is 18.1 Å². The summed E-state index contributed by atoms with van der Waals surface area (Å²) in [5.41, 5.74) is 0.380. The number of phenolic OH excluding ortho intramolecular Hbond substituents is 1.